The quantitative estimate of drug-likeness (QED) is 0.780. The lowest BCUT2D eigenvalue weighted by molar-refractivity contribution is 0.201. The number of aliphatic hydroxyl groups excluding tert-OH is 1. The second-order valence-electron chi connectivity index (χ2n) is 4.15. The maximum absolute atomic E-state index is 9.46. The van der Waals surface area contributed by atoms with Crippen molar-refractivity contribution in [2.45, 2.75) is 18.8 Å². The second kappa shape index (κ2) is 5.24. The van der Waals surface area contributed by atoms with Crippen LogP contribution in [0.2, 0.25) is 0 Å². The lowest BCUT2D eigenvalue weighted by Crippen LogP contribution is -2.34. The van der Waals surface area contributed by atoms with E-state index in [0.717, 1.165) is 18.8 Å². The van der Waals surface area contributed by atoms with Gasteiger partial charge in [0.2, 0.25) is 0 Å². The summed E-state index contributed by atoms with van der Waals surface area (Å²) in [7, 11) is 0. The van der Waals surface area contributed by atoms with Crippen molar-refractivity contribution in [1.29, 1.82) is 0 Å². The zero-order valence-corrected chi connectivity index (χ0v) is 8.89. The van der Waals surface area contributed by atoms with Crippen molar-refractivity contribution in [2.24, 2.45) is 5.92 Å². The zero-order valence-electron chi connectivity index (χ0n) is 8.89. The molecule has 2 N–H and O–H groups in total. The highest BCUT2D eigenvalue weighted by molar-refractivity contribution is 5.11. The summed E-state index contributed by atoms with van der Waals surface area (Å²) in [6.45, 7) is 2.31. The van der Waals surface area contributed by atoms with Crippen LogP contribution in [0.25, 0.3) is 0 Å². The Morgan fingerprint density at radius 3 is 3.07 bits per heavy atom. The molecule has 1 aromatic heterocycles. The molecule has 0 aromatic carbocycles. The molecular formula is C12H18N2O. The van der Waals surface area contributed by atoms with Gasteiger partial charge in [0, 0.05) is 17.8 Å². The highest BCUT2D eigenvalue weighted by Gasteiger charge is 2.24. The summed E-state index contributed by atoms with van der Waals surface area (Å²) in [4.78, 5) is 4.34. The summed E-state index contributed by atoms with van der Waals surface area (Å²) < 4.78 is 0. The summed E-state index contributed by atoms with van der Waals surface area (Å²) in [6, 6.07) is 5.91. The van der Waals surface area contributed by atoms with Crippen molar-refractivity contribution in [3.63, 3.8) is 0 Å². The van der Waals surface area contributed by atoms with Gasteiger partial charge in [-0.25, -0.2) is 0 Å². The van der Waals surface area contributed by atoms with Crippen LogP contribution in [0.4, 0.5) is 0 Å². The third-order valence-corrected chi connectivity index (χ3v) is 3.17. The molecule has 1 fully saturated rings. The SMILES string of the molecule is OCC(c1ccccn1)C1CCCNC1. The molecule has 0 amide bonds. The molecule has 3 nitrogen and oxygen atoms in total. The van der Waals surface area contributed by atoms with Gasteiger partial charge in [-0.05, 0) is 44.0 Å². The molecule has 2 heterocycles. The highest BCUT2D eigenvalue weighted by Crippen LogP contribution is 2.27. The fourth-order valence-corrected chi connectivity index (χ4v) is 2.30. The molecule has 1 aliphatic heterocycles. The van der Waals surface area contributed by atoms with Gasteiger partial charge in [0.15, 0.2) is 0 Å². The smallest absolute Gasteiger partial charge is 0.0518 e. The van der Waals surface area contributed by atoms with Crippen molar-refractivity contribution >= 4 is 0 Å². The third-order valence-electron chi connectivity index (χ3n) is 3.17. The van der Waals surface area contributed by atoms with Crippen LogP contribution in [-0.2, 0) is 0 Å². The van der Waals surface area contributed by atoms with Gasteiger partial charge >= 0.3 is 0 Å². The van der Waals surface area contributed by atoms with E-state index < -0.39 is 0 Å². The van der Waals surface area contributed by atoms with E-state index in [9.17, 15) is 5.11 Å². The number of aliphatic hydroxyl groups is 1. The Labute approximate surface area is 90.5 Å². The molecule has 0 aliphatic carbocycles. The average molecular weight is 206 g/mol. The van der Waals surface area contributed by atoms with Crippen LogP contribution < -0.4 is 5.32 Å². The van der Waals surface area contributed by atoms with Gasteiger partial charge in [0.1, 0.15) is 0 Å². The van der Waals surface area contributed by atoms with Crippen LogP contribution >= 0.6 is 0 Å². The minimum atomic E-state index is 0.194. The summed E-state index contributed by atoms with van der Waals surface area (Å²) in [5.74, 6) is 0.720. The van der Waals surface area contributed by atoms with Crippen molar-refractivity contribution in [1.82, 2.24) is 10.3 Å². The van der Waals surface area contributed by atoms with Crippen LogP contribution in [0.3, 0.4) is 0 Å². The molecule has 0 saturated carbocycles. The Hall–Kier alpha value is -0.930. The minimum absolute atomic E-state index is 0.194. The molecule has 1 aliphatic rings. The number of nitrogens with one attached hydrogen (secondary N) is 1. The van der Waals surface area contributed by atoms with Crippen LogP contribution in [0.15, 0.2) is 24.4 Å². The predicted molar refractivity (Wildman–Crippen MR) is 59.7 cm³/mol. The number of pyridine rings is 1. The van der Waals surface area contributed by atoms with E-state index in [4.69, 9.17) is 0 Å². The van der Waals surface area contributed by atoms with Gasteiger partial charge < -0.3 is 10.4 Å². The first-order valence-electron chi connectivity index (χ1n) is 5.64. The van der Waals surface area contributed by atoms with E-state index in [-0.39, 0.29) is 12.5 Å². The standard InChI is InChI=1S/C12H18N2O/c15-9-11(10-4-3-6-13-8-10)12-5-1-2-7-14-12/h1-2,5,7,10-11,13,15H,3-4,6,8-9H2. The summed E-state index contributed by atoms with van der Waals surface area (Å²) in [5, 5.41) is 12.8. The summed E-state index contributed by atoms with van der Waals surface area (Å²) in [6.07, 6.45) is 4.19. The van der Waals surface area contributed by atoms with Gasteiger partial charge in [-0.3, -0.25) is 4.98 Å². The van der Waals surface area contributed by atoms with Crippen LogP contribution in [0.1, 0.15) is 24.5 Å². The number of aromatic nitrogens is 1. The summed E-state index contributed by atoms with van der Waals surface area (Å²) >= 11 is 0. The molecule has 2 unspecified atom stereocenters. The number of piperidine rings is 1. The van der Waals surface area contributed by atoms with Crippen molar-refractivity contribution in [3.8, 4) is 0 Å². The van der Waals surface area contributed by atoms with Gasteiger partial charge in [0.05, 0.1) is 6.61 Å². The maximum Gasteiger partial charge on any atom is 0.0518 e. The van der Waals surface area contributed by atoms with Crippen molar-refractivity contribution < 1.29 is 5.11 Å². The van der Waals surface area contributed by atoms with E-state index >= 15 is 0 Å². The molecule has 2 rings (SSSR count). The van der Waals surface area contributed by atoms with E-state index in [2.05, 4.69) is 10.3 Å². The van der Waals surface area contributed by atoms with Crippen LogP contribution in [-0.4, -0.2) is 29.8 Å². The molecule has 0 radical (unpaired) electrons. The maximum atomic E-state index is 9.46. The first-order chi connectivity index (χ1) is 7.42. The van der Waals surface area contributed by atoms with Crippen molar-refractivity contribution in [3.05, 3.63) is 30.1 Å². The first-order valence-corrected chi connectivity index (χ1v) is 5.64. The van der Waals surface area contributed by atoms with Crippen molar-refractivity contribution in [2.75, 3.05) is 19.7 Å². The Bertz CT molecular complexity index is 283. The Kier molecular flexibility index (Phi) is 3.69. The van der Waals surface area contributed by atoms with E-state index in [1.807, 2.05) is 18.2 Å². The van der Waals surface area contributed by atoms with Gasteiger partial charge in [-0.2, -0.15) is 0 Å². The highest BCUT2D eigenvalue weighted by atomic mass is 16.3. The van der Waals surface area contributed by atoms with E-state index in [1.165, 1.54) is 12.8 Å². The molecule has 2 atom stereocenters. The fraction of sp³-hybridized carbons (Fsp3) is 0.583. The monoisotopic (exact) mass is 206 g/mol. The molecule has 0 bridgehead atoms. The van der Waals surface area contributed by atoms with Gasteiger partial charge in [0.25, 0.3) is 0 Å². The molecule has 0 spiro atoms. The molecule has 15 heavy (non-hydrogen) atoms. The first kappa shape index (κ1) is 10.6. The Morgan fingerprint density at radius 2 is 2.47 bits per heavy atom. The van der Waals surface area contributed by atoms with E-state index in [0.29, 0.717) is 5.92 Å². The molecule has 82 valence electrons. The normalized spacial score (nSPS) is 23.7. The Morgan fingerprint density at radius 1 is 1.53 bits per heavy atom. The topological polar surface area (TPSA) is 45.2 Å². The number of nitrogens with zero attached hydrogens (tertiary/aromatic N) is 1. The molecular weight excluding hydrogens is 188 g/mol. The molecule has 3 heteroatoms. The zero-order chi connectivity index (χ0) is 10.5. The lowest BCUT2D eigenvalue weighted by atomic mass is 9.84. The lowest BCUT2D eigenvalue weighted by Gasteiger charge is -2.29. The number of rotatable bonds is 3. The minimum Gasteiger partial charge on any atom is -0.396 e. The largest absolute Gasteiger partial charge is 0.396 e. The molecule has 1 aromatic rings. The Balaban J connectivity index is 2.09. The second-order valence-corrected chi connectivity index (χ2v) is 4.15. The third kappa shape index (κ3) is 2.55. The van der Waals surface area contributed by atoms with Crippen LogP contribution in [0.5, 0.6) is 0 Å². The molecule has 1 saturated heterocycles. The number of hydrogen-bond donors (Lipinski definition) is 2. The summed E-state index contributed by atoms with van der Waals surface area (Å²) in [5.41, 5.74) is 1.02. The number of hydrogen-bond acceptors (Lipinski definition) is 3. The van der Waals surface area contributed by atoms with Gasteiger partial charge in [-0.1, -0.05) is 6.07 Å². The van der Waals surface area contributed by atoms with E-state index in [1.54, 1.807) is 6.20 Å². The fourth-order valence-electron chi connectivity index (χ4n) is 2.30. The van der Waals surface area contributed by atoms with Crippen LogP contribution in [0, 0.1) is 5.92 Å². The van der Waals surface area contributed by atoms with Gasteiger partial charge in [-0.15, -0.1) is 0 Å². The average Bonchev–Trinajstić information content (AvgIpc) is 2.33. The predicted octanol–water partition coefficient (Wildman–Crippen LogP) is 1.16.